The Morgan fingerprint density at radius 1 is 1.00 bits per heavy atom. The monoisotopic (exact) mass is 505 g/mol. The zero-order valence-corrected chi connectivity index (χ0v) is 17.9. The lowest BCUT2D eigenvalue weighted by molar-refractivity contribution is -0.275. The number of alkyl halides is 6. The highest BCUT2D eigenvalue weighted by molar-refractivity contribution is 5.71. The van der Waals surface area contributed by atoms with E-state index in [9.17, 15) is 35.9 Å². The predicted molar refractivity (Wildman–Crippen MR) is 107 cm³/mol. The highest BCUT2D eigenvalue weighted by atomic mass is 19.4. The Morgan fingerprint density at radius 3 is 2.29 bits per heavy atom. The number of nitrogens with zero attached hydrogens (tertiary/aromatic N) is 3. The van der Waals surface area contributed by atoms with Gasteiger partial charge in [-0.05, 0) is 48.9 Å². The number of benzene rings is 2. The van der Waals surface area contributed by atoms with Gasteiger partial charge in [0.2, 0.25) is 0 Å². The number of carbonyl (C=O) groups excluding carboxylic acids is 1. The zero-order valence-electron chi connectivity index (χ0n) is 17.9. The summed E-state index contributed by atoms with van der Waals surface area (Å²) in [7, 11) is 0. The van der Waals surface area contributed by atoms with Gasteiger partial charge in [0.15, 0.2) is 18.1 Å². The topological polar surface area (TPSA) is 84.6 Å². The second kappa shape index (κ2) is 10.1. The average molecular weight is 505 g/mol. The van der Waals surface area contributed by atoms with Crippen LogP contribution in [0.3, 0.4) is 0 Å². The molecule has 0 N–H and O–H groups in total. The molecule has 0 radical (unpaired) electrons. The van der Waals surface area contributed by atoms with Gasteiger partial charge in [0.1, 0.15) is 6.33 Å². The standard InChI is InChI=1S/C21H17F6N3O5/c1-2-33-18(31)11-34-16-8-3-13(9-17(16)35-21(25,26)27)10-30-19(32)29(12-28-30)15-6-4-14(5-7-15)20(22,23)24/h3-9,12H,2,10-11H2,1H3. The molecule has 35 heavy (non-hydrogen) atoms. The number of esters is 1. The van der Waals surface area contributed by atoms with Crippen molar-refractivity contribution in [2.75, 3.05) is 13.2 Å². The summed E-state index contributed by atoms with van der Waals surface area (Å²) < 4.78 is 92.3. The minimum Gasteiger partial charge on any atom is -0.478 e. The van der Waals surface area contributed by atoms with Crippen LogP contribution in [-0.2, 0) is 22.3 Å². The summed E-state index contributed by atoms with van der Waals surface area (Å²) in [6, 6.07) is 7.17. The van der Waals surface area contributed by atoms with Crippen molar-refractivity contribution in [1.82, 2.24) is 14.3 Å². The van der Waals surface area contributed by atoms with Gasteiger partial charge in [-0.15, -0.1) is 13.2 Å². The molecule has 3 aromatic rings. The van der Waals surface area contributed by atoms with Gasteiger partial charge < -0.3 is 14.2 Å². The molecule has 0 saturated carbocycles. The van der Waals surface area contributed by atoms with E-state index in [0.717, 1.165) is 52.0 Å². The molecule has 2 aromatic carbocycles. The van der Waals surface area contributed by atoms with Crippen LogP contribution >= 0.6 is 0 Å². The van der Waals surface area contributed by atoms with Crippen LogP contribution in [0.15, 0.2) is 53.6 Å². The van der Waals surface area contributed by atoms with E-state index in [4.69, 9.17) is 4.74 Å². The molecule has 0 amide bonds. The SMILES string of the molecule is CCOC(=O)COc1ccc(Cn2ncn(-c3ccc(C(F)(F)F)cc3)c2=O)cc1OC(F)(F)F. The van der Waals surface area contributed by atoms with Crippen LogP contribution < -0.4 is 15.2 Å². The second-order valence-corrected chi connectivity index (χ2v) is 6.91. The Bertz CT molecular complexity index is 1230. The molecule has 0 saturated heterocycles. The fourth-order valence-corrected chi connectivity index (χ4v) is 2.92. The fourth-order valence-electron chi connectivity index (χ4n) is 2.92. The molecule has 8 nitrogen and oxygen atoms in total. The Morgan fingerprint density at radius 2 is 1.69 bits per heavy atom. The molecule has 1 heterocycles. The number of ether oxygens (including phenoxy) is 3. The molecular formula is C21H17F6N3O5. The number of rotatable bonds is 8. The second-order valence-electron chi connectivity index (χ2n) is 6.91. The molecule has 0 aliphatic rings. The number of carbonyl (C=O) groups is 1. The lowest BCUT2D eigenvalue weighted by Gasteiger charge is -2.15. The molecule has 0 spiro atoms. The Balaban J connectivity index is 1.83. The van der Waals surface area contributed by atoms with Gasteiger partial charge in [-0.3, -0.25) is 0 Å². The van der Waals surface area contributed by atoms with Gasteiger partial charge >= 0.3 is 24.2 Å². The number of hydrogen-bond acceptors (Lipinski definition) is 6. The summed E-state index contributed by atoms with van der Waals surface area (Å²) in [5, 5.41) is 3.85. The summed E-state index contributed by atoms with van der Waals surface area (Å²) in [6.07, 6.45) is -8.55. The van der Waals surface area contributed by atoms with Crippen LogP contribution in [0.2, 0.25) is 0 Å². The van der Waals surface area contributed by atoms with Crippen LogP contribution in [0, 0.1) is 0 Å². The Hall–Kier alpha value is -3.97. The van der Waals surface area contributed by atoms with E-state index in [0.29, 0.717) is 0 Å². The largest absolute Gasteiger partial charge is 0.573 e. The third-order valence-corrected chi connectivity index (χ3v) is 4.42. The van der Waals surface area contributed by atoms with Crippen molar-refractivity contribution in [3.05, 3.63) is 70.4 Å². The molecular weight excluding hydrogens is 488 g/mol. The number of hydrogen-bond donors (Lipinski definition) is 0. The van der Waals surface area contributed by atoms with Gasteiger partial charge in [0.25, 0.3) is 0 Å². The molecule has 0 aliphatic heterocycles. The minimum atomic E-state index is -5.07. The van der Waals surface area contributed by atoms with E-state index < -0.39 is 42.1 Å². The maximum atomic E-state index is 12.8. The quantitative estimate of drug-likeness (QED) is 0.341. The first-order chi connectivity index (χ1) is 16.4. The lowest BCUT2D eigenvalue weighted by Crippen LogP contribution is -2.24. The highest BCUT2D eigenvalue weighted by Gasteiger charge is 2.33. The minimum absolute atomic E-state index is 0.0565. The van der Waals surface area contributed by atoms with Gasteiger partial charge in [0, 0.05) is 0 Å². The van der Waals surface area contributed by atoms with Crippen LogP contribution in [0.1, 0.15) is 18.1 Å². The van der Waals surface area contributed by atoms with E-state index in [1.165, 1.54) is 6.07 Å². The van der Waals surface area contributed by atoms with Crippen LogP contribution in [0.25, 0.3) is 5.69 Å². The van der Waals surface area contributed by atoms with E-state index in [-0.39, 0.29) is 30.2 Å². The van der Waals surface area contributed by atoms with E-state index in [1.807, 2.05) is 0 Å². The third kappa shape index (κ3) is 6.77. The summed E-state index contributed by atoms with van der Waals surface area (Å²) in [4.78, 5) is 24.1. The smallest absolute Gasteiger partial charge is 0.478 e. The number of aromatic nitrogens is 3. The van der Waals surface area contributed by atoms with Crippen molar-refractivity contribution in [3.63, 3.8) is 0 Å². The molecule has 0 fully saturated rings. The molecule has 1 aromatic heterocycles. The molecule has 0 bridgehead atoms. The number of halogens is 6. The van der Waals surface area contributed by atoms with Crippen LogP contribution in [0.5, 0.6) is 11.5 Å². The van der Waals surface area contributed by atoms with Crippen molar-refractivity contribution < 1.29 is 45.3 Å². The molecule has 0 unspecified atom stereocenters. The van der Waals surface area contributed by atoms with Crippen molar-refractivity contribution in [3.8, 4) is 17.2 Å². The molecule has 188 valence electrons. The molecule has 0 atom stereocenters. The maximum absolute atomic E-state index is 12.8. The van der Waals surface area contributed by atoms with Crippen molar-refractivity contribution in [1.29, 1.82) is 0 Å². The lowest BCUT2D eigenvalue weighted by atomic mass is 10.2. The van der Waals surface area contributed by atoms with E-state index in [2.05, 4.69) is 14.6 Å². The normalized spacial score (nSPS) is 11.9. The van der Waals surface area contributed by atoms with Crippen molar-refractivity contribution in [2.24, 2.45) is 0 Å². The van der Waals surface area contributed by atoms with Crippen LogP contribution in [-0.4, -0.2) is 39.9 Å². The van der Waals surface area contributed by atoms with Gasteiger partial charge in [0.05, 0.1) is 24.4 Å². The Kier molecular flexibility index (Phi) is 7.41. The summed E-state index contributed by atoms with van der Waals surface area (Å²) in [6.45, 7) is 0.657. The first-order valence-corrected chi connectivity index (χ1v) is 9.86. The average Bonchev–Trinajstić information content (AvgIpc) is 3.12. The van der Waals surface area contributed by atoms with Gasteiger partial charge in [-0.25, -0.2) is 18.8 Å². The van der Waals surface area contributed by atoms with Crippen molar-refractivity contribution in [2.45, 2.75) is 26.0 Å². The summed E-state index contributed by atoms with van der Waals surface area (Å²) in [5.74, 6) is -1.94. The maximum Gasteiger partial charge on any atom is 0.573 e. The van der Waals surface area contributed by atoms with Gasteiger partial charge in [-0.1, -0.05) is 6.07 Å². The first kappa shape index (κ1) is 25.6. The van der Waals surface area contributed by atoms with Gasteiger partial charge in [-0.2, -0.15) is 18.3 Å². The van der Waals surface area contributed by atoms with E-state index >= 15 is 0 Å². The van der Waals surface area contributed by atoms with Crippen LogP contribution in [0.4, 0.5) is 26.3 Å². The Labute approximate surface area is 193 Å². The molecule has 0 aliphatic carbocycles. The third-order valence-electron chi connectivity index (χ3n) is 4.42. The molecule has 14 heteroatoms. The highest BCUT2D eigenvalue weighted by Crippen LogP contribution is 2.33. The van der Waals surface area contributed by atoms with E-state index in [1.54, 1.807) is 6.92 Å². The summed E-state index contributed by atoms with van der Waals surface area (Å²) in [5.41, 5.74) is -1.37. The first-order valence-electron chi connectivity index (χ1n) is 9.86. The fraction of sp³-hybridized carbons (Fsp3) is 0.286. The summed E-state index contributed by atoms with van der Waals surface area (Å²) >= 11 is 0. The van der Waals surface area contributed by atoms with Crippen molar-refractivity contribution >= 4 is 5.97 Å². The molecule has 3 rings (SSSR count). The predicted octanol–water partition coefficient (Wildman–Crippen LogP) is 3.94. The zero-order chi connectivity index (χ0) is 25.8.